The van der Waals surface area contributed by atoms with Crippen LogP contribution in [-0.4, -0.2) is 0 Å². The van der Waals surface area contributed by atoms with Gasteiger partial charge in [-0.3, -0.25) is 0 Å². The Morgan fingerprint density at radius 3 is 1.75 bits per heavy atom. The zero-order valence-corrected chi connectivity index (χ0v) is 28.4. The SMILES string of the molecule is c1ccc(-c2ccc(N(c3ccccc3)c3cccc4c3Oc3ccc5ccccc5c3-c3ccc(-c5cccc6ccccc56)cc3-4)cc2)cc1. The molecule has 0 fully saturated rings. The van der Waals surface area contributed by atoms with Crippen LogP contribution in [0.25, 0.3) is 66.1 Å². The minimum Gasteiger partial charge on any atom is -0.454 e. The highest BCUT2D eigenvalue weighted by atomic mass is 16.5. The summed E-state index contributed by atoms with van der Waals surface area (Å²) in [6.45, 7) is 0. The van der Waals surface area contributed by atoms with Gasteiger partial charge in [-0.25, -0.2) is 0 Å². The minimum atomic E-state index is 0.823. The molecule has 1 aliphatic heterocycles. The average Bonchev–Trinajstić information content (AvgIpc) is 3.36. The predicted molar refractivity (Wildman–Crippen MR) is 218 cm³/mol. The van der Waals surface area contributed by atoms with Gasteiger partial charge in [-0.1, -0.05) is 158 Å². The molecule has 10 rings (SSSR count). The fourth-order valence-corrected chi connectivity index (χ4v) is 7.81. The zero-order valence-electron chi connectivity index (χ0n) is 28.4. The lowest BCUT2D eigenvalue weighted by molar-refractivity contribution is 0.489. The lowest BCUT2D eigenvalue weighted by Crippen LogP contribution is -2.11. The van der Waals surface area contributed by atoms with Gasteiger partial charge < -0.3 is 9.64 Å². The van der Waals surface area contributed by atoms with Crippen LogP contribution in [0.4, 0.5) is 17.1 Å². The van der Waals surface area contributed by atoms with Crippen LogP contribution in [0.5, 0.6) is 11.5 Å². The fourth-order valence-electron chi connectivity index (χ4n) is 7.81. The molecule has 1 heterocycles. The van der Waals surface area contributed by atoms with Gasteiger partial charge in [0.05, 0.1) is 5.69 Å². The van der Waals surface area contributed by atoms with Crippen molar-refractivity contribution in [2.45, 2.75) is 0 Å². The van der Waals surface area contributed by atoms with E-state index in [0.29, 0.717) is 0 Å². The summed E-state index contributed by atoms with van der Waals surface area (Å²) in [7, 11) is 0. The number of fused-ring (bicyclic) bond motifs is 8. The molecule has 0 saturated heterocycles. The van der Waals surface area contributed by atoms with Gasteiger partial charge in [-0.05, 0) is 97.4 Å². The van der Waals surface area contributed by atoms with E-state index in [4.69, 9.17) is 4.74 Å². The largest absolute Gasteiger partial charge is 0.454 e. The second kappa shape index (κ2) is 12.5. The van der Waals surface area contributed by atoms with E-state index in [1.54, 1.807) is 0 Å². The third kappa shape index (κ3) is 5.04. The smallest absolute Gasteiger partial charge is 0.159 e. The van der Waals surface area contributed by atoms with Crippen LogP contribution < -0.4 is 9.64 Å². The first-order valence-electron chi connectivity index (χ1n) is 17.8. The molecule has 2 nitrogen and oxygen atoms in total. The number of hydrogen-bond acceptors (Lipinski definition) is 2. The third-order valence-electron chi connectivity index (χ3n) is 10.3. The Kier molecular flexibility index (Phi) is 7.18. The number of nitrogens with zero attached hydrogens (tertiary/aromatic N) is 1. The number of benzene rings is 9. The summed E-state index contributed by atoms with van der Waals surface area (Å²) >= 11 is 0. The Morgan fingerprint density at radius 2 is 0.942 bits per heavy atom. The maximum atomic E-state index is 7.22. The van der Waals surface area contributed by atoms with Crippen LogP contribution in [-0.2, 0) is 0 Å². The van der Waals surface area contributed by atoms with E-state index < -0.39 is 0 Å². The van der Waals surface area contributed by atoms with Crippen LogP contribution in [0.15, 0.2) is 200 Å². The van der Waals surface area contributed by atoms with Crippen LogP contribution in [0, 0.1) is 0 Å². The summed E-state index contributed by atoms with van der Waals surface area (Å²) in [5.74, 6) is 1.67. The highest BCUT2D eigenvalue weighted by molar-refractivity contribution is 6.07. The molecule has 0 bridgehead atoms. The molecule has 2 heteroatoms. The Balaban J connectivity index is 1.22. The van der Waals surface area contributed by atoms with Crippen LogP contribution >= 0.6 is 0 Å². The van der Waals surface area contributed by atoms with Crippen molar-refractivity contribution in [3.05, 3.63) is 200 Å². The number of hydrogen-bond donors (Lipinski definition) is 0. The highest BCUT2D eigenvalue weighted by Crippen LogP contribution is 2.54. The quantitative estimate of drug-likeness (QED) is 0.182. The van der Waals surface area contributed by atoms with Crippen molar-refractivity contribution in [1.29, 1.82) is 0 Å². The number of ether oxygens (including phenoxy) is 1. The van der Waals surface area contributed by atoms with E-state index in [2.05, 4.69) is 205 Å². The highest BCUT2D eigenvalue weighted by Gasteiger charge is 2.28. The van der Waals surface area contributed by atoms with E-state index in [1.165, 1.54) is 43.8 Å². The van der Waals surface area contributed by atoms with Crippen LogP contribution in [0.1, 0.15) is 0 Å². The summed E-state index contributed by atoms with van der Waals surface area (Å²) < 4.78 is 7.22. The van der Waals surface area contributed by atoms with Gasteiger partial charge in [-0.15, -0.1) is 0 Å². The molecular weight excluding hydrogens is 631 g/mol. The lowest BCUT2D eigenvalue weighted by atomic mass is 9.88. The molecule has 0 spiro atoms. The molecule has 0 aliphatic carbocycles. The van der Waals surface area contributed by atoms with Gasteiger partial charge >= 0.3 is 0 Å². The Morgan fingerprint density at radius 1 is 0.346 bits per heavy atom. The van der Waals surface area contributed by atoms with Gasteiger partial charge in [-0.2, -0.15) is 0 Å². The summed E-state index contributed by atoms with van der Waals surface area (Å²) in [5.41, 5.74) is 12.3. The molecule has 0 saturated carbocycles. The molecule has 1 aliphatic rings. The van der Waals surface area contributed by atoms with Gasteiger partial charge in [0.15, 0.2) is 5.75 Å². The summed E-state index contributed by atoms with van der Waals surface area (Å²) in [5, 5.41) is 4.83. The minimum absolute atomic E-state index is 0.823. The van der Waals surface area contributed by atoms with Crippen molar-refractivity contribution in [1.82, 2.24) is 0 Å². The van der Waals surface area contributed by atoms with Crippen molar-refractivity contribution >= 4 is 38.6 Å². The number of rotatable bonds is 5. The maximum Gasteiger partial charge on any atom is 0.159 e. The predicted octanol–water partition coefficient (Wildman–Crippen LogP) is 14.2. The number of para-hydroxylation sites is 2. The van der Waals surface area contributed by atoms with Crippen LogP contribution in [0.3, 0.4) is 0 Å². The molecule has 52 heavy (non-hydrogen) atoms. The molecule has 0 aromatic heterocycles. The van der Waals surface area contributed by atoms with Crippen molar-refractivity contribution in [2.24, 2.45) is 0 Å². The second-order valence-electron chi connectivity index (χ2n) is 13.3. The summed E-state index contributed by atoms with van der Waals surface area (Å²) in [6, 6.07) is 71.5. The first-order chi connectivity index (χ1) is 25.8. The summed E-state index contributed by atoms with van der Waals surface area (Å²) in [4.78, 5) is 2.31. The zero-order chi connectivity index (χ0) is 34.4. The Labute approximate surface area is 303 Å². The lowest BCUT2D eigenvalue weighted by Gasteiger charge is -2.28. The molecule has 9 aromatic rings. The third-order valence-corrected chi connectivity index (χ3v) is 10.3. The first kappa shape index (κ1) is 30.0. The van der Waals surface area contributed by atoms with Crippen LogP contribution in [0.2, 0.25) is 0 Å². The molecule has 0 unspecified atom stereocenters. The van der Waals surface area contributed by atoms with Gasteiger partial charge in [0.2, 0.25) is 0 Å². The normalized spacial score (nSPS) is 11.6. The van der Waals surface area contributed by atoms with Crippen molar-refractivity contribution in [2.75, 3.05) is 4.90 Å². The van der Waals surface area contributed by atoms with E-state index in [1.807, 2.05) is 0 Å². The van der Waals surface area contributed by atoms with Crippen molar-refractivity contribution < 1.29 is 4.74 Å². The molecule has 9 aromatic carbocycles. The molecule has 0 radical (unpaired) electrons. The van der Waals surface area contributed by atoms with Crippen molar-refractivity contribution in [3.8, 4) is 56.0 Å². The maximum absolute atomic E-state index is 7.22. The Bertz CT molecular complexity index is 2750. The molecule has 0 amide bonds. The standard InChI is InChI=1S/C50H33NO/c1-3-13-34(14-4-1)35-25-29-40(30-26-35)51(39-18-5-2-6-19-39)47-24-12-23-45-46-33-38(42-22-11-17-36-15-7-9-20-41(36)42)27-31-44(46)49-43-21-10-8-16-37(43)28-32-48(49)52-50(45)47/h1-33H. The van der Waals surface area contributed by atoms with E-state index in [-0.39, 0.29) is 0 Å². The van der Waals surface area contributed by atoms with Gasteiger partial charge in [0.25, 0.3) is 0 Å². The molecule has 244 valence electrons. The molecule has 0 atom stereocenters. The van der Waals surface area contributed by atoms with E-state index >= 15 is 0 Å². The summed E-state index contributed by atoms with van der Waals surface area (Å²) in [6.07, 6.45) is 0. The fraction of sp³-hybridized carbons (Fsp3) is 0. The average molecular weight is 664 g/mol. The monoisotopic (exact) mass is 663 g/mol. The van der Waals surface area contributed by atoms with Gasteiger partial charge in [0, 0.05) is 22.5 Å². The second-order valence-corrected chi connectivity index (χ2v) is 13.3. The Hall–Kier alpha value is -6.90. The van der Waals surface area contributed by atoms with E-state index in [9.17, 15) is 0 Å². The van der Waals surface area contributed by atoms with Gasteiger partial charge in [0.1, 0.15) is 5.75 Å². The molecular formula is C50H33NO. The van der Waals surface area contributed by atoms with E-state index in [0.717, 1.165) is 50.8 Å². The number of anilines is 3. The van der Waals surface area contributed by atoms with Crippen molar-refractivity contribution in [3.63, 3.8) is 0 Å². The topological polar surface area (TPSA) is 12.5 Å². The first-order valence-corrected chi connectivity index (χ1v) is 17.8. The molecule has 0 N–H and O–H groups in total.